The first-order valence-electron chi connectivity index (χ1n) is 7.85. The lowest BCUT2D eigenvalue weighted by molar-refractivity contribution is -0.160. The van der Waals surface area contributed by atoms with Crippen molar-refractivity contribution in [3.05, 3.63) is 41.4 Å². The van der Waals surface area contributed by atoms with E-state index in [0.29, 0.717) is 27.4 Å². The molecule has 2 radical (unpaired) electrons. The minimum atomic E-state index is -2.69. The van der Waals surface area contributed by atoms with Crippen LogP contribution in [0.3, 0.4) is 0 Å². The molecule has 28 heavy (non-hydrogen) atoms. The number of methoxy groups -OCH3 is 1. The molecule has 0 bridgehead atoms. The van der Waals surface area contributed by atoms with E-state index in [2.05, 4.69) is 25.6 Å². The van der Waals surface area contributed by atoms with E-state index in [4.69, 9.17) is 24.2 Å². The molecule has 0 amide bonds. The van der Waals surface area contributed by atoms with Gasteiger partial charge in [0, 0.05) is 13.0 Å². The van der Waals surface area contributed by atoms with Gasteiger partial charge in [-0.15, -0.1) is 15.3 Å². The highest BCUT2D eigenvalue weighted by Crippen LogP contribution is 2.37. The summed E-state index contributed by atoms with van der Waals surface area (Å²) >= 11 is 5.90. The lowest BCUT2D eigenvalue weighted by Gasteiger charge is -2.16. The second-order valence-electron chi connectivity index (χ2n) is 5.70. The predicted octanol–water partition coefficient (Wildman–Crippen LogP) is 1.06. The summed E-state index contributed by atoms with van der Waals surface area (Å²) in [5, 5.41) is 33.4. The summed E-state index contributed by atoms with van der Waals surface area (Å²) in [5.41, 5.74) is 1.35. The molecule has 0 saturated carbocycles. The van der Waals surface area contributed by atoms with Gasteiger partial charge in [0.15, 0.2) is 36.1 Å². The Morgan fingerprint density at radius 3 is 2.68 bits per heavy atom. The summed E-state index contributed by atoms with van der Waals surface area (Å²) in [5.74, 6) is -2.52. The Balaban J connectivity index is 2.06. The average Bonchev–Trinajstić information content (AvgIpc) is 3.11. The van der Waals surface area contributed by atoms with Crippen molar-refractivity contribution >= 4 is 36.6 Å². The molecule has 1 aromatic carbocycles. The Hall–Kier alpha value is -3.02. The molecule has 2 aromatic heterocycles. The third-order valence-corrected chi connectivity index (χ3v) is 3.84. The Bertz CT molecular complexity index is 1040. The molecular formula is C16H14BClN6O4. The topological polar surface area (TPSA) is 135 Å². The number of ether oxygens (including phenoxy) is 1. The van der Waals surface area contributed by atoms with Crippen molar-refractivity contribution < 1.29 is 19.7 Å². The molecule has 3 N–H and O–H groups in total. The molecular weight excluding hydrogens is 386 g/mol. The number of Topliss-reactive ketones (excluding diaryl/α,β-unsaturated/α-hetero) is 1. The van der Waals surface area contributed by atoms with E-state index >= 15 is 0 Å². The molecule has 10 nitrogen and oxygen atoms in total. The van der Waals surface area contributed by atoms with Gasteiger partial charge in [-0.25, -0.2) is 9.67 Å². The first-order valence-corrected chi connectivity index (χ1v) is 8.23. The molecule has 142 valence electrons. The van der Waals surface area contributed by atoms with Crippen LogP contribution in [0.1, 0.15) is 17.4 Å². The van der Waals surface area contributed by atoms with Crippen LogP contribution in [0.5, 0.6) is 5.75 Å². The van der Waals surface area contributed by atoms with Crippen LogP contribution in [0.15, 0.2) is 30.6 Å². The molecule has 0 aliphatic heterocycles. The summed E-state index contributed by atoms with van der Waals surface area (Å²) in [4.78, 5) is 15.8. The number of para-hydroxylation sites is 1. The van der Waals surface area contributed by atoms with E-state index in [1.165, 1.54) is 20.1 Å². The number of ketones is 1. The Morgan fingerprint density at radius 2 is 2.07 bits per heavy atom. The van der Waals surface area contributed by atoms with Gasteiger partial charge in [0.1, 0.15) is 6.33 Å². The minimum absolute atomic E-state index is 0.104. The molecule has 3 rings (SSSR count). The maximum atomic E-state index is 11.8. The van der Waals surface area contributed by atoms with E-state index in [1.54, 1.807) is 18.2 Å². The number of hydrogen-bond acceptors (Lipinski definition) is 9. The van der Waals surface area contributed by atoms with Gasteiger partial charge in [-0.1, -0.05) is 17.7 Å². The number of carbonyl (C=O) groups excluding carboxylic acids is 1. The third kappa shape index (κ3) is 3.96. The van der Waals surface area contributed by atoms with Crippen LogP contribution in [-0.4, -0.2) is 55.9 Å². The molecule has 0 spiro atoms. The number of rotatable bonds is 6. The number of aliphatic hydroxyl groups is 2. The number of benzene rings is 1. The SMILES string of the molecule is [B]C(O)(O)n1cnc(-c2cccc(Nc3cc(Cl)nnc3C(C)=O)c2OC)n1. The number of carbonyl (C=O) groups is 1. The van der Waals surface area contributed by atoms with Gasteiger partial charge in [-0.3, -0.25) is 4.79 Å². The van der Waals surface area contributed by atoms with Gasteiger partial charge in [0.2, 0.25) is 5.81 Å². The molecule has 0 fully saturated rings. The molecule has 3 aromatic rings. The second-order valence-corrected chi connectivity index (χ2v) is 6.08. The molecule has 0 unspecified atom stereocenters. The van der Waals surface area contributed by atoms with Crippen LogP contribution in [0.2, 0.25) is 5.15 Å². The van der Waals surface area contributed by atoms with Crippen LogP contribution >= 0.6 is 11.6 Å². The van der Waals surface area contributed by atoms with E-state index in [1.807, 2.05) is 0 Å². The fourth-order valence-corrected chi connectivity index (χ4v) is 2.59. The predicted molar refractivity (Wildman–Crippen MR) is 101 cm³/mol. The van der Waals surface area contributed by atoms with Crippen LogP contribution in [-0.2, 0) is 5.81 Å². The van der Waals surface area contributed by atoms with Gasteiger partial charge in [0.25, 0.3) is 0 Å². The monoisotopic (exact) mass is 400 g/mol. The fourth-order valence-electron chi connectivity index (χ4n) is 2.44. The van der Waals surface area contributed by atoms with Gasteiger partial charge in [-0.2, -0.15) is 0 Å². The Labute approximate surface area is 165 Å². The Kier molecular flexibility index (Phi) is 5.32. The highest BCUT2D eigenvalue weighted by molar-refractivity contribution is 6.29. The zero-order valence-electron chi connectivity index (χ0n) is 14.8. The Morgan fingerprint density at radius 1 is 1.32 bits per heavy atom. The lowest BCUT2D eigenvalue weighted by atomic mass is 10.1. The highest BCUT2D eigenvalue weighted by Gasteiger charge is 2.22. The molecule has 0 aliphatic carbocycles. The van der Waals surface area contributed by atoms with Crippen molar-refractivity contribution in [3.63, 3.8) is 0 Å². The number of hydrogen-bond donors (Lipinski definition) is 3. The number of nitrogens with zero attached hydrogens (tertiary/aromatic N) is 5. The first-order chi connectivity index (χ1) is 13.2. The van der Waals surface area contributed by atoms with Gasteiger partial charge >= 0.3 is 0 Å². The maximum Gasteiger partial charge on any atom is 0.210 e. The summed E-state index contributed by atoms with van der Waals surface area (Å²) in [7, 11) is 6.62. The molecule has 2 heterocycles. The van der Waals surface area contributed by atoms with Crippen molar-refractivity contribution in [1.29, 1.82) is 0 Å². The van der Waals surface area contributed by atoms with E-state index in [0.717, 1.165) is 6.33 Å². The van der Waals surface area contributed by atoms with Gasteiger partial charge in [-0.05, 0) is 12.1 Å². The van der Waals surface area contributed by atoms with Gasteiger partial charge < -0.3 is 20.3 Å². The summed E-state index contributed by atoms with van der Waals surface area (Å²) in [6.07, 6.45) is 1.06. The fraction of sp³-hybridized carbons (Fsp3) is 0.188. The zero-order chi connectivity index (χ0) is 20.5. The molecule has 0 aliphatic rings. The number of halogens is 1. The first kappa shape index (κ1) is 19.7. The quantitative estimate of drug-likeness (QED) is 0.315. The van der Waals surface area contributed by atoms with Crippen LogP contribution in [0.4, 0.5) is 11.4 Å². The minimum Gasteiger partial charge on any atom is -0.494 e. The van der Waals surface area contributed by atoms with Crippen molar-refractivity contribution in [2.24, 2.45) is 0 Å². The van der Waals surface area contributed by atoms with Crippen molar-refractivity contribution in [3.8, 4) is 17.1 Å². The van der Waals surface area contributed by atoms with E-state index in [9.17, 15) is 15.0 Å². The summed E-state index contributed by atoms with van der Waals surface area (Å²) in [6.45, 7) is 1.36. The van der Waals surface area contributed by atoms with Crippen LogP contribution < -0.4 is 10.1 Å². The normalized spacial score (nSPS) is 11.3. The zero-order valence-corrected chi connectivity index (χ0v) is 15.5. The summed E-state index contributed by atoms with van der Waals surface area (Å²) in [6, 6.07) is 6.52. The summed E-state index contributed by atoms with van der Waals surface area (Å²) < 4.78 is 6.15. The van der Waals surface area contributed by atoms with Crippen molar-refractivity contribution in [1.82, 2.24) is 25.0 Å². The molecule has 0 atom stereocenters. The van der Waals surface area contributed by atoms with Crippen molar-refractivity contribution in [2.45, 2.75) is 12.7 Å². The smallest absolute Gasteiger partial charge is 0.210 e. The average molecular weight is 401 g/mol. The highest BCUT2D eigenvalue weighted by atomic mass is 35.5. The van der Waals surface area contributed by atoms with Crippen molar-refractivity contribution in [2.75, 3.05) is 12.4 Å². The third-order valence-electron chi connectivity index (χ3n) is 3.66. The second kappa shape index (κ2) is 7.54. The lowest BCUT2D eigenvalue weighted by Crippen LogP contribution is -2.33. The maximum absolute atomic E-state index is 11.8. The largest absolute Gasteiger partial charge is 0.494 e. The standard InChI is InChI=1S/C16H14BClN6O4/c1-8(25)13-11(6-12(18)21-22-13)20-10-5-3-4-9(14(10)28-2)15-19-7-24(23-15)16(17,26)27/h3-7,26-27H,1-2H3,(H,20,21). The number of anilines is 2. The number of nitrogens with one attached hydrogen (secondary N) is 1. The van der Waals surface area contributed by atoms with Crippen LogP contribution in [0.25, 0.3) is 11.4 Å². The van der Waals surface area contributed by atoms with Gasteiger partial charge in [0.05, 0.1) is 24.0 Å². The molecule has 12 heteroatoms. The van der Waals surface area contributed by atoms with Crippen LogP contribution in [0, 0.1) is 0 Å². The molecule has 0 saturated heterocycles. The number of aromatic nitrogens is 5. The van der Waals surface area contributed by atoms with E-state index < -0.39 is 5.81 Å². The van der Waals surface area contributed by atoms with E-state index in [-0.39, 0.29) is 22.5 Å².